The van der Waals surface area contributed by atoms with Gasteiger partial charge >= 0.3 is 0 Å². The SMILES string of the molecule is Cc1ccc2nc(C(=O)NC3[C@H]4CN(C(=O)CC5CC(F)(F)C5)C[C@@H]34)ccc2c1. The fraction of sp³-hybridized carbons (Fsp3) is 0.500. The third-order valence-corrected chi connectivity index (χ3v) is 6.56. The van der Waals surface area contributed by atoms with E-state index in [4.69, 9.17) is 0 Å². The quantitative estimate of drug-likeness (QED) is 0.859. The molecule has 152 valence electrons. The van der Waals surface area contributed by atoms with Crippen LogP contribution in [-0.2, 0) is 4.79 Å². The molecule has 5 rings (SSSR count). The minimum Gasteiger partial charge on any atom is -0.347 e. The molecule has 2 amide bonds. The Morgan fingerprint density at radius 1 is 1.17 bits per heavy atom. The van der Waals surface area contributed by atoms with E-state index in [0.29, 0.717) is 18.8 Å². The molecule has 29 heavy (non-hydrogen) atoms. The Kier molecular flexibility index (Phi) is 4.12. The molecule has 7 heteroatoms. The lowest BCUT2D eigenvalue weighted by Gasteiger charge is -2.35. The van der Waals surface area contributed by atoms with Crippen molar-refractivity contribution in [1.29, 1.82) is 0 Å². The number of aryl methyl sites for hydroxylation is 1. The molecule has 1 aromatic heterocycles. The van der Waals surface area contributed by atoms with E-state index in [9.17, 15) is 18.4 Å². The minimum absolute atomic E-state index is 0.0331. The summed E-state index contributed by atoms with van der Waals surface area (Å²) in [5.74, 6) is -2.48. The first kappa shape index (κ1) is 18.5. The molecule has 0 radical (unpaired) electrons. The van der Waals surface area contributed by atoms with Crippen LogP contribution < -0.4 is 5.32 Å². The van der Waals surface area contributed by atoms with Gasteiger partial charge in [-0.3, -0.25) is 9.59 Å². The molecule has 2 saturated carbocycles. The fourth-order valence-electron chi connectivity index (χ4n) is 4.85. The van der Waals surface area contributed by atoms with E-state index in [0.717, 1.165) is 16.5 Å². The Labute approximate surface area is 167 Å². The third kappa shape index (κ3) is 3.47. The molecule has 1 saturated heterocycles. The molecule has 0 bridgehead atoms. The maximum atomic E-state index is 12.9. The summed E-state index contributed by atoms with van der Waals surface area (Å²) in [6.07, 6.45) is -0.126. The molecule has 3 atom stereocenters. The normalized spacial score (nSPS) is 27.4. The lowest BCUT2D eigenvalue weighted by Crippen LogP contribution is -2.41. The number of aromatic nitrogens is 1. The van der Waals surface area contributed by atoms with Gasteiger partial charge in [-0.15, -0.1) is 0 Å². The Morgan fingerprint density at radius 3 is 2.59 bits per heavy atom. The number of hydrogen-bond acceptors (Lipinski definition) is 3. The van der Waals surface area contributed by atoms with E-state index in [1.54, 1.807) is 11.0 Å². The minimum atomic E-state index is -2.58. The summed E-state index contributed by atoms with van der Waals surface area (Å²) in [5.41, 5.74) is 2.33. The molecule has 1 N–H and O–H groups in total. The summed E-state index contributed by atoms with van der Waals surface area (Å²) in [6, 6.07) is 9.62. The number of rotatable bonds is 4. The molecular weight excluding hydrogens is 376 g/mol. The van der Waals surface area contributed by atoms with Crippen LogP contribution in [0.25, 0.3) is 10.9 Å². The second-order valence-corrected chi connectivity index (χ2v) is 8.85. The molecule has 3 fully saturated rings. The monoisotopic (exact) mass is 399 g/mol. The van der Waals surface area contributed by atoms with Gasteiger partial charge in [0.1, 0.15) is 5.69 Å². The standard InChI is InChI=1S/C22H23F2N3O2/c1-12-2-4-17-14(6-12)3-5-18(25-17)21(29)26-20-15-10-27(11-16(15)20)19(28)7-13-8-22(23,24)9-13/h2-6,13,15-16,20H,7-11H2,1H3,(H,26,29)/t15-,16+,20?. The van der Waals surface area contributed by atoms with Crippen LogP contribution >= 0.6 is 0 Å². The second-order valence-electron chi connectivity index (χ2n) is 8.85. The zero-order valence-electron chi connectivity index (χ0n) is 16.2. The molecule has 5 nitrogen and oxygen atoms in total. The third-order valence-electron chi connectivity index (χ3n) is 6.56. The van der Waals surface area contributed by atoms with Crippen LogP contribution in [0.4, 0.5) is 8.78 Å². The van der Waals surface area contributed by atoms with Gasteiger partial charge in [-0.2, -0.15) is 0 Å². The van der Waals surface area contributed by atoms with E-state index in [1.165, 1.54) is 0 Å². The highest BCUT2D eigenvalue weighted by Crippen LogP contribution is 2.47. The number of nitrogens with one attached hydrogen (secondary N) is 1. The Morgan fingerprint density at radius 2 is 1.90 bits per heavy atom. The van der Waals surface area contributed by atoms with Crippen molar-refractivity contribution in [3.8, 4) is 0 Å². The number of nitrogens with zero attached hydrogens (tertiary/aromatic N) is 2. The summed E-state index contributed by atoms with van der Waals surface area (Å²) in [7, 11) is 0. The van der Waals surface area contributed by atoms with Crippen LogP contribution in [0, 0.1) is 24.7 Å². The van der Waals surface area contributed by atoms with Crippen LogP contribution in [0.15, 0.2) is 30.3 Å². The molecule has 2 heterocycles. The number of amides is 2. The number of pyridine rings is 1. The van der Waals surface area contributed by atoms with Crippen molar-refractivity contribution in [3.63, 3.8) is 0 Å². The highest BCUT2D eigenvalue weighted by atomic mass is 19.3. The first-order valence-corrected chi connectivity index (χ1v) is 10.1. The van der Waals surface area contributed by atoms with Gasteiger partial charge in [-0.25, -0.2) is 13.8 Å². The van der Waals surface area contributed by atoms with Gasteiger partial charge in [-0.05, 0) is 31.0 Å². The molecule has 1 aliphatic heterocycles. The fourth-order valence-corrected chi connectivity index (χ4v) is 4.85. The van der Waals surface area contributed by atoms with Crippen molar-refractivity contribution in [2.75, 3.05) is 13.1 Å². The summed E-state index contributed by atoms with van der Waals surface area (Å²) >= 11 is 0. The molecule has 1 aromatic carbocycles. The molecule has 0 spiro atoms. The topological polar surface area (TPSA) is 62.3 Å². The summed E-state index contributed by atoms with van der Waals surface area (Å²) in [4.78, 5) is 31.1. The lowest BCUT2D eigenvalue weighted by molar-refractivity contribution is -0.141. The van der Waals surface area contributed by atoms with Gasteiger partial charge in [0, 0.05) is 55.6 Å². The molecule has 2 aliphatic carbocycles. The number of halogens is 2. The van der Waals surface area contributed by atoms with Gasteiger partial charge in [0.2, 0.25) is 11.8 Å². The average molecular weight is 399 g/mol. The maximum absolute atomic E-state index is 12.9. The van der Waals surface area contributed by atoms with Crippen molar-refractivity contribution in [1.82, 2.24) is 15.2 Å². The van der Waals surface area contributed by atoms with Gasteiger partial charge in [0.15, 0.2) is 0 Å². The van der Waals surface area contributed by atoms with Gasteiger partial charge in [-0.1, -0.05) is 17.7 Å². The number of likely N-dealkylation sites (tertiary alicyclic amines) is 1. The summed E-state index contributed by atoms with van der Waals surface area (Å²) in [6.45, 7) is 3.21. The Bertz CT molecular complexity index is 989. The second kappa shape index (κ2) is 6.47. The Balaban J connectivity index is 1.14. The number of fused-ring (bicyclic) bond motifs is 2. The van der Waals surface area contributed by atoms with Gasteiger partial charge in [0.25, 0.3) is 5.91 Å². The predicted octanol–water partition coefficient (Wildman–Crippen LogP) is 3.17. The van der Waals surface area contributed by atoms with E-state index in [2.05, 4.69) is 10.3 Å². The highest BCUT2D eigenvalue weighted by molar-refractivity contribution is 5.95. The predicted molar refractivity (Wildman–Crippen MR) is 104 cm³/mol. The number of carbonyl (C=O) groups excluding carboxylic acids is 2. The number of carbonyl (C=O) groups is 2. The van der Waals surface area contributed by atoms with Crippen LogP contribution in [0.3, 0.4) is 0 Å². The number of alkyl halides is 2. The highest BCUT2D eigenvalue weighted by Gasteiger charge is 2.57. The van der Waals surface area contributed by atoms with Crippen molar-refractivity contribution in [3.05, 3.63) is 41.6 Å². The van der Waals surface area contributed by atoms with Crippen molar-refractivity contribution < 1.29 is 18.4 Å². The van der Waals surface area contributed by atoms with Gasteiger partial charge < -0.3 is 10.2 Å². The molecule has 2 aromatic rings. The van der Waals surface area contributed by atoms with Crippen molar-refractivity contribution >= 4 is 22.7 Å². The van der Waals surface area contributed by atoms with Gasteiger partial charge in [0.05, 0.1) is 5.52 Å². The van der Waals surface area contributed by atoms with E-state index in [1.807, 2.05) is 31.2 Å². The first-order chi connectivity index (χ1) is 13.8. The number of hydrogen-bond donors (Lipinski definition) is 1. The van der Waals surface area contributed by atoms with Crippen LogP contribution in [0.1, 0.15) is 35.3 Å². The van der Waals surface area contributed by atoms with Crippen molar-refractivity contribution in [2.45, 2.75) is 38.2 Å². The first-order valence-electron chi connectivity index (χ1n) is 10.1. The summed E-state index contributed by atoms with van der Waals surface area (Å²) in [5, 5.41) is 4.05. The van der Waals surface area contributed by atoms with Crippen LogP contribution in [0.2, 0.25) is 0 Å². The zero-order valence-corrected chi connectivity index (χ0v) is 16.2. The maximum Gasteiger partial charge on any atom is 0.270 e. The Hall–Kier alpha value is -2.57. The number of benzene rings is 1. The van der Waals surface area contributed by atoms with E-state index >= 15 is 0 Å². The average Bonchev–Trinajstić information content (AvgIpc) is 3.08. The van der Waals surface area contributed by atoms with Crippen LogP contribution in [0.5, 0.6) is 0 Å². The molecule has 3 aliphatic rings. The zero-order chi connectivity index (χ0) is 20.3. The molecular formula is C22H23F2N3O2. The number of piperidine rings is 1. The van der Waals surface area contributed by atoms with Crippen molar-refractivity contribution in [2.24, 2.45) is 17.8 Å². The smallest absolute Gasteiger partial charge is 0.270 e. The summed E-state index contributed by atoms with van der Waals surface area (Å²) < 4.78 is 25.9. The largest absolute Gasteiger partial charge is 0.347 e. The van der Waals surface area contributed by atoms with Crippen LogP contribution in [-0.4, -0.2) is 46.8 Å². The lowest BCUT2D eigenvalue weighted by atomic mass is 9.79. The van der Waals surface area contributed by atoms with E-state index in [-0.39, 0.29) is 54.9 Å². The molecule has 1 unspecified atom stereocenters. The van der Waals surface area contributed by atoms with E-state index < -0.39 is 5.92 Å².